The minimum atomic E-state index is -1.19. The fourth-order valence-corrected chi connectivity index (χ4v) is 5.66. The number of carboxylic acids is 1. The number of carbonyl (C=O) groups excluding carboxylic acids is 1. The van der Waals surface area contributed by atoms with Crippen LogP contribution < -0.4 is 15.0 Å². The number of aromatic carboxylic acids is 1. The molecule has 2 N–H and O–H groups in total. The standard InChI is InChI=1S/C26H19FN4O4S2/c1-3-17-20(4-2)36-25(28-17)30-26(34)31-11-12-35-19-10-7-15(13-18(19)31)23-29-21(24(32)33)22(37-23)14-5-8-16(27)9-6-14/h3-10,13H,1-2,11-12H2,(H,32,33)(H,28,30,34). The topological polar surface area (TPSA) is 105 Å². The molecule has 2 aromatic carbocycles. The first-order valence-electron chi connectivity index (χ1n) is 11.0. The maximum absolute atomic E-state index is 13.4. The monoisotopic (exact) mass is 534 g/mol. The summed E-state index contributed by atoms with van der Waals surface area (Å²) >= 11 is 2.46. The van der Waals surface area contributed by atoms with Crippen LogP contribution in [0.25, 0.3) is 33.2 Å². The van der Waals surface area contributed by atoms with E-state index in [1.54, 1.807) is 30.4 Å². The number of hydrogen-bond acceptors (Lipinski definition) is 7. The van der Waals surface area contributed by atoms with Crippen molar-refractivity contribution in [1.29, 1.82) is 0 Å². The molecule has 0 unspecified atom stereocenters. The summed E-state index contributed by atoms with van der Waals surface area (Å²) in [6.07, 6.45) is 3.25. The Morgan fingerprint density at radius 3 is 2.51 bits per heavy atom. The molecule has 0 radical (unpaired) electrons. The molecule has 5 rings (SSSR count). The van der Waals surface area contributed by atoms with Crippen molar-refractivity contribution in [2.45, 2.75) is 0 Å². The number of carbonyl (C=O) groups is 2. The van der Waals surface area contributed by atoms with Crippen molar-refractivity contribution in [1.82, 2.24) is 9.97 Å². The van der Waals surface area contributed by atoms with Gasteiger partial charge in [0.2, 0.25) is 0 Å². The van der Waals surface area contributed by atoms with Crippen molar-refractivity contribution in [3.63, 3.8) is 0 Å². The summed E-state index contributed by atoms with van der Waals surface area (Å²) < 4.78 is 19.1. The van der Waals surface area contributed by atoms with Crippen LogP contribution in [0.1, 0.15) is 21.1 Å². The number of thiazole rings is 2. The summed E-state index contributed by atoms with van der Waals surface area (Å²) in [4.78, 5) is 36.5. The molecule has 2 aromatic heterocycles. The molecule has 3 heterocycles. The molecule has 0 saturated carbocycles. The summed E-state index contributed by atoms with van der Waals surface area (Å²) in [6, 6.07) is 10.4. The zero-order chi connectivity index (χ0) is 26.1. The highest BCUT2D eigenvalue weighted by molar-refractivity contribution is 7.18. The molecule has 0 fully saturated rings. The molecule has 0 saturated heterocycles. The molecule has 0 bridgehead atoms. The number of nitrogens with one attached hydrogen (secondary N) is 1. The number of amides is 2. The van der Waals surface area contributed by atoms with Crippen molar-refractivity contribution < 1.29 is 23.8 Å². The molecule has 8 nitrogen and oxygen atoms in total. The maximum atomic E-state index is 13.4. The van der Waals surface area contributed by atoms with Crippen LogP contribution >= 0.6 is 22.7 Å². The number of urea groups is 1. The number of carboxylic acid groups (broad SMARTS) is 1. The molecule has 1 aliphatic rings. The first-order chi connectivity index (χ1) is 17.9. The molecule has 1 aliphatic heterocycles. The third kappa shape index (κ3) is 4.74. The summed E-state index contributed by atoms with van der Waals surface area (Å²) in [6.45, 7) is 8.10. The second-order valence-electron chi connectivity index (χ2n) is 7.80. The van der Waals surface area contributed by atoms with Crippen LogP contribution in [0.4, 0.5) is 20.0 Å². The van der Waals surface area contributed by atoms with E-state index in [1.165, 1.54) is 51.8 Å². The number of aromatic nitrogens is 2. The Hall–Kier alpha value is -4.35. The Labute approximate surface area is 219 Å². The number of nitrogens with zero attached hydrogens (tertiary/aromatic N) is 3. The van der Waals surface area contributed by atoms with Gasteiger partial charge in [-0.25, -0.2) is 23.9 Å². The Balaban J connectivity index is 1.48. The van der Waals surface area contributed by atoms with Crippen molar-refractivity contribution >= 4 is 57.6 Å². The van der Waals surface area contributed by atoms with Gasteiger partial charge in [-0.1, -0.05) is 36.6 Å². The fraction of sp³-hybridized carbons (Fsp3) is 0.0769. The van der Waals surface area contributed by atoms with E-state index in [4.69, 9.17) is 4.74 Å². The number of anilines is 2. The summed E-state index contributed by atoms with van der Waals surface area (Å²) in [5, 5.41) is 13.4. The molecular formula is C26H19FN4O4S2. The smallest absolute Gasteiger partial charge is 0.356 e. The van der Waals surface area contributed by atoms with Gasteiger partial charge in [0.25, 0.3) is 0 Å². The highest BCUT2D eigenvalue weighted by Gasteiger charge is 2.27. The van der Waals surface area contributed by atoms with Gasteiger partial charge in [0, 0.05) is 5.56 Å². The highest BCUT2D eigenvalue weighted by Crippen LogP contribution is 2.40. The van der Waals surface area contributed by atoms with Gasteiger partial charge in [-0.2, -0.15) is 0 Å². The maximum Gasteiger partial charge on any atom is 0.356 e. The second kappa shape index (κ2) is 9.96. The molecular weight excluding hydrogens is 515 g/mol. The number of ether oxygens (including phenoxy) is 1. The number of hydrogen-bond donors (Lipinski definition) is 2. The van der Waals surface area contributed by atoms with Crippen LogP contribution in [0.3, 0.4) is 0 Å². The van der Waals surface area contributed by atoms with Crippen molar-refractivity contribution in [3.05, 3.63) is 77.7 Å². The molecule has 0 spiro atoms. The Morgan fingerprint density at radius 2 is 1.84 bits per heavy atom. The van der Waals surface area contributed by atoms with Crippen LogP contribution in [-0.2, 0) is 0 Å². The van der Waals surface area contributed by atoms with Crippen molar-refractivity contribution in [2.75, 3.05) is 23.4 Å². The van der Waals surface area contributed by atoms with Gasteiger partial charge in [0.05, 0.1) is 27.7 Å². The van der Waals surface area contributed by atoms with E-state index in [-0.39, 0.29) is 11.7 Å². The largest absolute Gasteiger partial charge is 0.490 e. The average molecular weight is 535 g/mol. The van der Waals surface area contributed by atoms with E-state index in [1.807, 2.05) is 0 Å². The second-order valence-corrected chi connectivity index (χ2v) is 9.83. The lowest BCUT2D eigenvalue weighted by atomic mass is 10.1. The number of rotatable bonds is 6. The minimum Gasteiger partial charge on any atom is -0.490 e. The Bertz CT molecular complexity index is 1520. The molecule has 2 amide bonds. The predicted octanol–water partition coefficient (Wildman–Crippen LogP) is 6.49. The Kier molecular flexibility index (Phi) is 6.55. The van der Waals surface area contributed by atoms with E-state index in [0.29, 0.717) is 56.4 Å². The van der Waals surface area contributed by atoms with Crippen LogP contribution in [0.15, 0.2) is 55.6 Å². The van der Waals surface area contributed by atoms with Crippen molar-refractivity contribution in [3.8, 4) is 26.8 Å². The quantitative estimate of drug-likeness (QED) is 0.293. The number of benzene rings is 2. The molecule has 0 aliphatic carbocycles. The third-order valence-electron chi connectivity index (χ3n) is 5.52. The van der Waals surface area contributed by atoms with Gasteiger partial charge in [0.15, 0.2) is 10.8 Å². The van der Waals surface area contributed by atoms with E-state index in [2.05, 4.69) is 28.4 Å². The number of halogens is 1. The minimum absolute atomic E-state index is 0.130. The average Bonchev–Trinajstić information content (AvgIpc) is 3.53. The van der Waals surface area contributed by atoms with Crippen LogP contribution in [0.5, 0.6) is 5.75 Å². The normalized spacial score (nSPS) is 12.4. The zero-order valence-corrected chi connectivity index (χ0v) is 20.9. The molecule has 0 atom stereocenters. The molecule has 186 valence electrons. The summed E-state index contributed by atoms with van der Waals surface area (Å²) in [5.41, 5.74) is 2.18. The van der Waals surface area contributed by atoms with Gasteiger partial charge in [-0.05, 0) is 48.0 Å². The fourth-order valence-electron chi connectivity index (χ4n) is 3.80. The number of fused-ring (bicyclic) bond motifs is 1. The lowest BCUT2D eigenvalue weighted by molar-refractivity contribution is 0.0692. The lowest BCUT2D eigenvalue weighted by Gasteiger charge is -2.29. The van der Waals surface area contributed by atoms with Gasteiger partial charge in [0.1, 0.15) is 23.2 Å². The van der Waals surface area contributed by atoms with Crippen LogP contribution in [-0.4, -0.2) is 40.2 Å². The summed E-state index contributed by atoms with van der Waals surface area (Å²) in [5.74, 6) is -1.10. The van der Waals surface area contributed by atoms with Crippen LogP contribution in [0.2, 0.25) is 0 Å². The third-order valence-corrected chi connectivity index (χ3v) is 7.66. The highest BCUT2D eigenvalue weighted by atomic mass is 32.1. The zero-order valence-electron chi connectivity index (χ0n) is 19.2. The van der Waals surface area contributed by atoms with Gasteiger partial charge in [-0.15, -0.1) is 11.3 Å². The van der Waals surface area contributed by atoms with Gasteiger partial charge in [-0.3, -0.25) is 10.2 Å². The Morgan fingerprint density at radius 1 is 1.08 bits per heavy atom. The first kappa shape index (κ1) is 24.3. The molecule has 4 aromatic rings. The van der Waals surface area contributed by atoms with Gasteiger partial charge < -0.3 is 9.84 Å². The first-order valence-corrected chi connectivity index (χ1v) is 12.6. The molecule has 37 heavy (non-hydrogen) atoms. The van der Waals surface area contributed by atoms with E-state index >= 15 is 0 Å². The van der Waals surface area contributed by atoms with Crippen LogP contribution in [0, 0.1) is 5.82 Å². The molecule has 11 heteroatoms. The predicted molar refractivity (Wildman–Crippen MR) is 144 cm³/mol. The van der Waals surface area contributed by atoms with E-state index in [9.17, 15) is 19.1 Å². The lowest BCUT2D eigenvalue weighted by Crippen LogP contribution is -2.40. The van der Waals surface area contributed by atoms with E-state index < -0.39 is 11.8 Å². The van der Waals surface area contributed by atoms with Crippen molar-refractivity contribution in [2.24, 2.45) is 0 Å². The van der Waals surface area contributed by atoms with E-state index in [0.717, 1.165) is 4.88 Å². The van der Waals surface area contributed by atoms with Gasteiger partial charge >= 0.3 is 12.0 Å². The SMILES string of the molecule is C=Cc1nc(NC(=O)N2CCOc3ccc(-c4nc(C(=O)O)c(-c5ccc(F)cc5)s4)cc32)sc1C=C. The summed E-state index contributed by atoms with van der Waals surface area (Å²) in [7, 11) is 0.